The van der Waals surface area contributed by atoms with E-state index in [2.05, 4.69) is 5.32 Å². The number of rotatable bonds is 7. The summed E-state index contributed by atoms with van der Waals surface area (Å²) in [5, 5.41) is 11.1. The number of sulfone groups is 1. The molecule has 1 aliphatic rings. The fraction of sp³-hybridized carbons (Fsp3) is 0.857. The summed E-state index contributed by atoms with van der Waals surface area (Å²) in [5.41, 5.74) is -0.950. The van der Waals surface area contributed by atoms with Gasteiger partial charge in [0, 0.05) is 5.54 Å². The molecule has 0 heterocycles. The van der Waals surface area contributed by atoms with Crippen molar-refractivity contribution in [3.8, 4) is 0 Å². The van der Waals surface area contributed by atoms with E-state index in [0.29, 0.717) is 12.8 Å². The third-order valence-electron chi connectivity index (χ3n) is 4.36. The zero-order valence-electron chi connectivity index (χ0n) is 12.9. The predicted octanol–water partition coefficient (Wildman–Crippen LogP) is 1.35. The average molecular weight is 319 g/mol. The smallest absolute Gasteiger partial charge is 0.305 e. The molecule has 0 radical (unpaired) electrons. The molecule has 0 aromatic carbocycles. The molecule has 1 unspecified atom stereocenters. The van der Waals surface area contributed by atoms with Gasteiger partial charge in [-0.25, -0.2) is 8.42 Å². The summed E-state index contributed by atoms with van der Waals surface area (Å²) in [6.07, 6.45) is 2.76. The molecular formula is C14H25NO5S. The Bertz CT molecular complexity index is 493. The second-order valence-corrected chi connectivity index (χ2v) is 8.69. The second kappa shape index (κ2) is 6.77. The number of carboxylic acids is 1. The molecule has 21 heavy (non-hydrogen) atoms. The number of carboxylic acid groups (broad SMARTS) is 1. The molecule has 7 heteroatoms. The molecule has 1 fully saturated rings. The summed E-state index contributed by atoms with van der Waals surface area (Å²) in [4.78, 5) is 23.0. The summed E-state index contributed by atoms with van der Waals surface area (Å²) in [6, 6.07) is 0. The van der Waals surface area contributed by atoms with Crippen LogP contribution in [0.25, 0.3) is 0 Å². The van der Waals surface area contributed by atoms with Gasteiger partial charge in [-0.1, -0.05) is 26.7 Å². The van der Waals surface area contributed by atoms with E-state index in [9.17, 15) is 18.0 Å². The lowest BCUT2D eigenvalue weighted by Crippen LogP contribution is -2.53. The van der Waals surface area contributed by atoms with Gasteiger partial charge in [0.15, 0.2) is 9.84 Å². The molecule has 2 N–H and O–H groups in total. The van der Waals surface area contributed by atoms with Crippen molar-refractivity contribution in [3.63, 3.8) is 0 Å². The molecular weight excluding hydrogens is 294 g/mol. The summed E-state index contributed by atoms with van der Waals surface area (Å²) in [6.45, 7) is 5.23. The maximum Gasteiger partial charge on any atom is 0.305 e. The van der Waals surface area contributed by atoms with Crippen LogP contribution in [-0.4, -0.2) is 41.9 Å². The highest BCUT2D eigenvalue weighted by atomic mass is 32.2. The molecule has 1 saturated carbocycles. The topological polar surface area (TPSA) is 101 Å². The molecule has 0 aromatic rings. The van der Waals surface area contributed by atoms with Crippen molar-refractivity contribution in [2.24, 2.45) is 5.92 Å². The molecule has 6 nitrogen and oxygen atoms in total. The van der Waals surface area contributed by atoms with Crippen molar-refractivity contribution in [2.45, 2.75) is 63.7 Å². The van der Waals surface area contributed by atoms with E-state index in [4.69, 9.17) is 5.11 Å². The Kier molecular flexibility index (Phi) is 5.78. The quantitative estimate of drug-likeness (QED) is 0.737. The van der Waals surface area contributed by atoms with Gasteiger partial charge >= 0.3 is 5.97 Å². The Morgan fingerprint density at radius 1 is 1.29 bits per heavy atom. The highest BCUT2D eigenvalue weighted by Crippen LogP contribution is 2.26. The zero-order chi connectivity index (χ0) is 16.3. The lowest BCUT2D eigenvalue weighted by molar-refractivity contribution is -0.139. The van der Waals surface area contributed by atoms with Gasteiger partial charge in [-0.2, -0.15) is 0 Å². The van der Waals surface area contributed by atoms with E-state index >= 15 is 0 Å². The molecule has 1 atom stereocenters. The van der Waals surface area contributed by atoms with Crippen molar-refractivity contribution in [1.82, 2.24) is 5.32 Å². The van der Waals surface area contributed by atoms with Crippen LogP contribution in [0.15, 0.2) is 0 Å². The predicted molar refractivity (Wildman–Crippen MR) is 79.7 cm³/mol. The van der Waals surface area contributed by atoms with Gasteiger partial charge in [0.1, 0.15) is 5.75 Å². The average Bonchev–Trinajstić information content (AvgIpc) is 2.79. The van der Waals surface area contributed by atoms with Gasteiger partial charge in [0.2, 0.25) is 5.91 Å². The highest BCUT2D eigenvalue weighted by Gasteiger charge is 2.36. The second-order valence-electron chi connectivity index (χ2n) is 6.40. The van der Waals surface area contributed by atoms with Crippen LogP contribution in [0.3, 0.4) is 0 Å². The summed E-state index contributed by atoms with van der Waals surface area (Å²) < 4.78 is 24.3. The number of hydrogen-bond acceptors (Lipinski definition) is 4. The molecule has 1 rings (SSSR count). The molecule has 0 aliphatic heterocycles. The Morgan fingerprint density at radius 3 is 2.24 bits per heavy atom. The maximum absolute atomic E-state index is 12.1. The Hall–Kier alpha value is -1.11. The molecule has 1 aliphatic carbocycles. The number of aliphatic carboxylic acids is 1. The standard InChI is InChI=1S/C14H25NO5S/c1-10(2)14(3,8-13(17)18)15-12(16)9-21(19,20)11-6-4-5-7-11/h10-11H,4-9H2,1-3H3,(H,15,16)(H,17,18). The van der Waals surface area contributed by atoms with E-state index in [0.717, 1.165) is 12.8 Å². The van der Waals surface area contributed by atoms with Gasteiger partial charge in [-0.15, -0.1) is 0 Å². The zero-order valence-corrected chi connectivity index (χ0v) is 13.7. The number of nitrogens with one attached hydrogen (secondary N) is 1. The largest absolute Gasteiger partial charge is 0.481 e. The van der Waals surface area contributed by atoms with E-state index in [1.54, 1.807) is 20.8 Å². The number of carbonyl (C=O) groups excluding carboxylic acids is 1. The monoisotopic (exact) mass is 319 g/mol. The van der Waals surface area contributed by atoms with Crippen molar-refractivity contribution >= 4 is 21.7 Å². The summed E-state index contributed by atoms with van der Waals surface area (Å²) in [5.74, 6) is -2.31. The first-order chi connectivity index (χ1) is 9.57. The first kappa shape index (κ1) is 17.9. The Balaban J connectivity index is 2.72. The van der Waals surface area contributed by atoms with Crippen LogP contribution >= 0.6 is 0 Å². The minimum absolute atomic E-state index is 0.119. The van der Waals surface area contributed by atoms with Crippen LogP contribution in [0, 0.1) is 5.92 Å². The van der Waals surface area contributed by atoms with E-state index < -0.39 is 38.3 Å². The van der Waals surface area contributed by atoms with Crippen LogP contribution in [0.5, 0.6) is 0 Å². The molecule has 0 aromatic heterocycles. The van der Waals surface area contributed by atoms with Crippen LogP contribution < -0.4 is 5.32 Å². The molecule has 0 spiro atoms. The van der Waals surface area contributed by atoms with E-state index in [1.807, 2.05) is 0 Å². The Morgan fingerprint density at radius 2 is 1.81 bits per heavy atom. The van der Waals surface area contributed by atoms with E-state index in [-0.39, 0.29) is 12.3 Å². The minimum Gasteiger partial charge on any atom is -0.481 e. The summed E-state index contributed by atoms with van der Waals surface area (Å²) in [7, 11) is -3.45. The van der Waals surface area contributed by atoms with Gasteiger partial charge in [0.05, 0.1) is 11.7 Å². The van der Waals surface area contributed by atoms with Crippen LogP contribution in [-0.2, 0) is 19.4 Å². The number of carbonyl (C=O) groups is 2. The van der Waals surface area contributed by atoms with Crippen LogP contribution in [0.4, 0.5) is 0 Å². The summed E-state index contributed by atoms with van der Waals surface area (Å²) >= 11 is 0. The van der Waals surface area contributed by atoms with Crippen molar-refractivity contribution in [1.29, 1.82) is 0 Å². The minimum atomic E-state index is -3.45. The SMILES string of the molecule is CC(C)C(C)(CC(=O)O)NC(=O)CS(=O)(=O)C1CCCC1. The van der Waals surface area contributed by atoms with E-state index in [1.165, 1.54) is 0 Å². The Labute approximate surface area is 126 Å². The lowest BCUT2D eigenvalue weighted by atomic mass is 9.85. The fourth-order valence-corrected chi connectivity index (χ4v) is 4.33. The van der Waals surface area contributed by atoms with Crippen molar-refractivity contribution in [2.75, 3.05) is 5.75 Å². The van der Waals surface area contributed by atoms with Crippen LogP contribution in [0.2, 0.25) is 0 Å². The van der Waals surface area contributed by atoms with Gasteiger partial charge in [0.25, 0.3) is 0 Å². The molecule has 0 bridgehead atoms. The van der Waals surface area contributed by atoms with Gasteiger partial charge < -0.3 is 10.4 Å². The molecule has 122 valence electrons. The third kappa shape index (κ3) is 4.98. The first-order valence-electron chi connectivity index (χ1n) is 7.31. The first-order valence-corrected chi connectivity index (χ1v) is 9.03. The number of hydrogen-bond donors (Lipinski definition) is 2. The van der Waals surface area contributed by atoms with Crippen molar-refractivity contribution < 1.29 is 23.1 Å². The number of amides is 1. The third-order valence-corrected chi connectivity index (χ3v) is 6.51. The maximum atomic E-state index is 12.1. The van der Waals surface area contributed by atoms with Crippen molar-refractivity contribution in [3.05, 3.63) is 0 Å². The lowest BCUT2D eigenvalue weighted by Gasteiger charge is -2.33. The molecule has 1 amide bonds. The normalized spacial score (nSPS) is 19.4. The highest BCUT2D eigenvalue weighted by molar-refractivity contribution is 7.92. The van der Waals surface area contributed by atoms with Gasteiger partial charge in [-0.3, -0.25) is 9.59 Å². The fourth-order valence-electron chi connectivity index (χ4n) is 2.61. The van der Waals surface area contributed by atoms with Gasteiger partial charge in [-0.05, 0) is 25.7 Å². The molecule has 0 saturated heterocycles. The van der Waals surface area contributed by atoms with Crippen LogP contribution in [0.1, 0.15) is 52.9 Å².